The number of fused-ring (bicyclic) bond motifs is 3. The molecule has 0 bridgehead atoms. The maximum atomic E-state index is 14.3. The molecule has 9 aromatic heterocycles. The van der Waals surface area contributed by atoms with Crippen LogP contribution in [0.3, 0.4) is 0 Å². The minimum Gasteiger partial charge on any atom is -0.494 e. The summed E-state index contributed by atoms with van der Waals surface area (Å²) in [4.78, 5) is 49.6. The van der Waals surface area contributed by atoms with Crippen LogP contribution in [0.5, 0.6) is 17.2 Å². The number of hydrogen-bond donors (Lipinski definition) is 3. The van der Waals surface area contributed by atoms with Crippen molar-refractivity contribution in [2.24, 2.45) is 11.5 Å². The minimum absolute atomic E-state index is 0. The molecule has 0 unspecified atom stereocenters. The highest BCUT2D eigenvalue weighted by molar-refractivity contribution is 5.94. The molecule has 0 atom stereocenters. The second kappa shape index (κ2) is 31.8. The molecule has 3 aliphatic rings. The standard InChI is InChI=1S/C24H24F2N6O2.C24H20F2N6O2.C15H12N6O2.C8H9F2NO.CH4/c2*1-34-22-7-5-19(25)18(23(22)26)4-6-21(33)20-13-32(30-29-20)12-17-11-31-10-16(14-2-3-14)8-15(9-27)24(31)28-17;16-4-10-3-11(9-1-2-9)5-20-6-12(17-14(10)20)7-21-8-13(15(22)23)18-19-21;1-12-7-3-2-6(9)5(4-11)8(7)10;/h5,7-8,10-11,13-14H,2-4,6,9,12,27H2,1H3;5,7-8,10-11,13-14H,2-4,6,12H2,1H3;3,5-6,8-9H,1-2,7H2,(H,22,23);2-3H,4,11H2,1H3;1H4. The third-order valence-electron chi connectivity index (χ3n) is 17.4. The number of carboxylic acids is 1. The fraction of sp³-hybridized carbons (Fsp3) is 0.306. The number of aromatic nitrogens is 15. The van der Waals surface area contributed by atoms with Crippen LogP contribution in [0, 0.1) is 57.6 Å². The van der Waals surface area contributed by atoms with E-state index in [0.29, 0.717) is 71.2 Å². The molecule has 0 amide bonds. The van der Waals surface area contributed by atoms with Crippen LogP contribution in [0.2, 0.25) is 0 Å². The summed E-state index contributed by atoms with van der Waals surface area (Å²) in [5.41, 5.74) is 20.4. The number of Topliss-reactive ketones (excluding diaryl/α,β-unsaturated/α-hetero) is 2. The number of halogens is 6. The first-order chi connectivity index (χ1) is 49.8. The van der Waals surface area contributed by atoms with Crippen molar-refractivity contribution in [3.8, 4) is 29.4 Å². The number of nitrogens with zero attached hydrogens (tertiary/aromatic N) is 17. The Morgan fingerprint density at radius 2 is 0.837 bits per heavy atom. The number of benzene rings is 3. The van der Waals surface area contributed by atoms with E-state index in [9.17, 15) is 51.2 Å². The molecule has 3 aromatic carbocycles. The van der Waals surface area contributed by atoms with E-state index in [-0.39, 0.29) is 109 Å². The Morgan fingerprint density at radius 3 is 1.18 bits per heavy atom. The summed E-state index contributed by atoms with van der Waals surface area (Å²) in [6, 6.07) is 17.3. The number of carbonyl (C=O) groups excluding carboxylic acids is 2. The Morgan fingerprint density at radius 1 is 0.490 bits per heavy atom. The van der Waals surface area contributed by atoms with Crippen molar-refractivity contribution in [2.45, 2.75) is 122 Å². The van der Waals surface area contributed by atoms with Crippen molar-refractivity contribution in [1.29, 1.82) is 10.5 Å². The van der Waals surface area contributed by atoms with Gasteiger partial charge in [0, 0.05) is 85.4 Å². The molecule has 0 radical (unpaired) electrons. The van der Waals surface area contributed by atoms with Gasteiger partial charge in [-0.3, -0.25) is 9.59 Å². The van der Waals surface area contributed by atoms with Crippen LogP contribution in [0.4, 0.5) is 26.3 Å². The van der Waals surface area contributed by atoms with Crippen molar-refractivity contribution in [2.75, 3.05) is 21.3 Å². The maximum Gasteiger partial charge on any atom is 0.358 e. The third-order valence-corrected chi connectivity index (χ3v) is 17.4. The van der Waals surface area contributed by atoms with Crippen molar-refractivity contribution in [1.82, 2.24) is 73.1 Å². The number of rotatable bonds is 23. The Balaban J connectivity index is 0.000000146. The number of hydrogen-bond acceptors (Lipinski definition) is 19. The van der Waals surface area contributed by atoms with E-state index in [1.165, 1.54) is 90.6 Å². The second-order valence-electron chi connectivity index (χ2n) is 24.7. The summed E-state index contributed by atoms with van der Waals surface area (Å²) in [6.07, 6.45) is 22.5. The van der Waals surface area contributed by atoms with E-state index in [1.54, 1.807) is 0 Å². The Labute approximate surface area is 589 Å². The van der Waals surface area contributed by atoms with E-state index in [4.69, 9.17) is 26.0 Å². The van der Waals surface area contributed by atoms with Crippen LogP contribution in [-0.4, -0.2) is 117 Å². The highest BCUT2D eigenvalue weighted by atomic mass is 19.2. The summed E-state index contributed by atoms with van der Waals surface area (Å²) in [7, 11) is 3.91. The van der Waals surface area contributed by atoms with Gasteiger partial charge in [0.05, 0.1) is 87.8 Å². The lowest BCUT2D eigenvalue weighted by molar-refractivity contribution is 0.0689. The predicted molar refractivity (Wildman–Crippen MR) is 362 cm³/mol. The highest BCUT2D eigenvalue weighted by Gasteiger charge is 2.29. The van der Waals surface area contributed by atoms with E-state index >= 15 is 0 Å². The third kappa shape index (κ3) is 16.6. The molecule has 32 heteroatoms. The number of imidazole rings is 3. The lowest BCUT2D eigenvalue weighted by Gasteiger charge is -2.08. The van der Waals surface area contributed by atoms with Gasteiger partial charge in [-0.05, 0) is 140 Å². The van der Waals surface area contributed by atoms with Gasteiger partial charge in [0.25, 0.3) is 0 Å². The molecule has 3 aliphatic carbocycles. The van der Waals surface area contributed by atoms with Crippen LogP contribution in [0.1, 0.15) is 175 Å². The Bertz CT molecular complexity index is 5290. The van der Waals surface area contributed by atoms with Crippen LogP contribution in [-0.2, 0) is 45.6 Å². The number of ether oxygens (including phenoxy) is 3. The van der Waals surface area contributed by atoms with Gasteiger partial charge in [-0.15, -0.1) is 15.3 Å². The van der Waals surface area contributed by atoms with E-state index < -0.39 is 40.9 Å². The number of pyridine rings is 3. The van der Waals surface area contributed by atoms with Gasteiger partial charge in [-0.2, -0.15) is 10.5 Å². The van der Waals surface area contributed by atoms with Gasteiger partial charge in [0.1, 0.15) is 46.6 Å². The number of carboxylic acid groups (broad SMARTS) is 1. The molecule has 5 N–H and O–H groups in total. The van der Waals surface area contributed by atoms with E-state index in [1.807, 2.05) is 56.3 Å². The summed E-state index contributed by atoms with van der Waals surface area (Å²) in [5.74, 6) is -4.77. The normalized spacial score (nSPS) is 13.0. The smallest absolute Gasteiger partial charge is 0.358 e. The fourth-order valence-electron chi connectivity index (χ4n) is 11.6. The highest BCUT2D eigenvalue weighted by Crippen LogP contribution is 2.43. The minimum atomic E-state index is -1.12. The maximum absolute atomic E-state index is 14.3. The summed E-state index contributed by atoms with van der Waals surface area (Å²) in [6.45, 7) is 1.10. The number of ketones is 2. The van der Waals surface area contributed by atoms with Crippen LogP contribution >= 0.6 is 0 Å². The molecule has 0 spiro atoms. The molecule has 15 rings (SSSR count). The van der Waals surface area contributed by atoms with Gasteiger partial charge in [0.2, 0.25) is 0 Å². The average molecular weight is 1430 g/mol. The van der Waals surface area contributed by atoms with Crippen LogP contribution < -0.4 is 25.7 Å². The van der Waals surface area contributed by atoms with Gasteiger partial charge >= 0.3 is 5.97 Å². The summed E-state index contributed by atoms with van der Waals surface area (Å²) >= 11 is 0. The number of methoxy groups -OCH3 is 3. The van der Waals surface area contributed by atoms with Crippen molar-refractivity contribution in [3.63, 3.8) is 0 Å². The quantitative estimate of drug-likeness (QED) is 0.0395. The van der Waals surface area contributed by atoms with Crippen LogP contribution in [0.15, 0.2) is 110 Å². The first-order valence-corrected chi connectivity index (χ1v) is 32.5. The van der Waals surface area contributed by atoms with Crippen molar-refractivity contribution >= 4 is 34.5 Å². The summed E-state index contributed by atoms with van der Waals surface area (Å²) < 4.78 is 107. The molecule has 104 heavy (non-hydrogen) atoms. The molecule has 0 saturated heterocycles. The topological polar surface area (TPSA) is 343 Å². The van der Waals surface area contributed by atoms with E-state index in [2.05, 4.69) is 75.0 Å². The first kappa shape index (κ1) is 73.1. The summed E-state index contributed by atoms with van der Waals surface area (Å²) in [5, 5.41) is 50.9. The molecule has 12 aromatic rings. The number of aromatic carboxylic acids is 1. The zero-order valence-corrected chi connectivity index (χ0v) is 55.7. The van der Waals surface area contributed by atoms with Gasteiger partial charge in [0.15, 0.2) is 63.3 Å². The Hall–Kier alpha value is -12.2. The van der Waals surface area contributed by atoms with Crippen LogP contribution in [0.25, 0.3) is 16.9 Å². The molecule has 0 aliphatic heterocycles. The van der Waals surface area contributed by atoms with Crippen molar-refractivity contribution < 1.29 is 60.0 Å². The largest absolute Gasteiger partial charge is 0.494 e. The number of nitrogens with two attached hydrogens (primary N) is 2. The molecule has 9 heterocycles. The molecule has 26 nitrogen and oxygen atoms in total. The number of nitriles is 2. The molecule has 3 fully saturated rings. The first-order valence-electron chi connectivity index (χ1n) is 32.5. The average Bonchev–Trinajstić information content (AvgIpc) is 1.63. The monoisotopic (exact) mass is 1430 g/mol. The Kier molecular flexibility index (Phi) is 22.3. The van der Waals surface area contributed by atoms with Crippen molar-refractivity contribution in [3.05, 3.63) is 230 Å². The SMILES string of the molecule is C.COc1ccc(F)c(CCC(=O)c2cn(Cc3cn4cc(C5CC5)cc(C#N)c4n3)nn2)c1F.COc1ccc(F)c(CCC(=O)c2cn(Cc3cn4cc(C5CC5)cc(CN)c4n3)nn2)c1F.COc1ccc(F)c(CN)c1F.N#Cc1cc(C2CC2)cn2cc(Cn3cc(C(=O)O)nn3)nc12. The zero-order valence-electron chi connectivity index (χ0n) is 55.7. The second-order valence-corrected chi connectivity index (χ2v) is 24.7. The van der Waals surface area contributed by atoms with E-state index in [0.717, 1.165) is 71.9 Å². The van der Waals surface area contributed by atoms with Gasteiger partial charge < -0.3 is 44.0 Å². The molecule has 536 valence electrons. The number of carbonyl (C=O) groups is 3. The van der Waals surface area contributed by atoms with Gasteiger partial charge in [-0.25, -0.2) is 60.1 Å². The fourth-order valence-corrected chi connectivity index (χ4v) is 11.6. The lowest BCUT2D eigenvalue weighted by Crippen LogP contribution is -2.05. The van der Waals surface area contributed by atoms with Gasteiger partial charge in [-0.1, -0.05) is 23.1 Å². The lowest BCUT2D eigenvalue weighted by atomic mass is 10.0. The molecule has 3 saturated carbocycles. The zero-order chi connectivity index (χ0) is 72.8. The molecular weight excluding hydrogens is 1360 g/mol. The predicted octanol–water partition coefficient (Wildman–Crippen LogP) is 10.7. The molecular formula is C72H69F6N19O7.